The van der Waals surface area contributed by atoms with E-state index in [-0.39, 0.29) is 23.7 Å². The van der Waals surface area contributed by atoms with Crippen molar-refractivity contribution < 1.29 is 19.1 Å². The van der Waals surface area contributed by atoms with E-state index in [1.54, 1.807) is 53.9 Å². The molecule has 3 aromatic heterocycles. The van der Waals surface area contributed by atoms with E-state index < -0.39 is 23.5 Å². The van der Waals surface area contributed by atoms with Crippen molar-refractivity contribution in [1.82, 2.24) is 18.6 Å². The van der Waals surface area contributed by atoms with Crippen LogP contribution >= 0.6 is 23.1 Å². The minimum atomic E-state index is -1.22. The Hall–Kier alpha value is -6.36. The summed E-state index contributed by atoms with van der Waals surface area (Å²) in [5.41, 5.74) is 5.85. The van der Waals surface area contributed by atoms with Crippen LogP contribution in [0.1, 0.15) is 23.6 Å². The Bertz CT molecular complexity index is 2380. The molecule has 6 aromatic rings. The predicted molar refractivity (Wildman–Crippen MR) is 197 cm³/mol. The van der Waals surface area contributed by atoms with Gasteiger partial charge < -0.3 is 9.64 Å². The standard InChI is InChI=1S/C38H27N7O4S2/c1-22-9-13-26(14-10-22)44(27-15-11-23(2)12-16-27)31-18-17-30(50-31)29-20-40-35(34-33(29)42-51-43-34)41-32-24(3)28(19-39)36(46)45(37(32)47)38(48)49-21-25-7-5-4-6-8-25/h4-18,20H,21H2,1-3H3. The molecule has 0 bridgehead atoms. The number of hydrogen-bond donors (Lipinski definition) is 0. The highest BCUT2D eigenvalue weighted by Crippen LogP contribution is 2.43. The first-order chi connectivity index (χ1) is 24.7. The normalized spacial score (nSPS) is 13.9. The number of aryl methyl sites for hydroxylation is 2. The minimum Gasteiger partial charge on any atom is -0.444 e. The van der Waals surface area contributed by atoms with E-state index in [2.05, 4.69) is 86.0 Å². The van der Waals surface area contributed by atoms with E-state index in [1.807, 2.05) is 12.1 Å². The van der Waals surface area contributed by atoms with Gasteiger partial charge in [-0.15, -0.1) is 11.3 Å². The van der Waals surface area contributed by atoms with Gasteiger partial charge in [-0.25, -0.2) is 14.8 Å². The van der Waals surface area contributed by atoms with Crippen LogP contribution < -0.4 is 4.90 Å². The summed E-state index contributed by atoms with van der Waals surface area (Å²) in [6.45, 7) is 5.35. The van der Waals surface area contributed by atoms with Crippen molar-refractivity contribution in [2.75, 3.05) is 4.90 Å². The van der Waals surface area contributed by atoms with Gasteiger partial charge in [0.05, 0.1) is 11.7 Å². The molecule has 1 aliphatic heterocycles. The molecule has 0 aliphatic carbocycles. The Morgan fingerprint density at radius 3 is 2.16 bits per heavy atom. The van der Waals surface area contributed by atoms with Crippen LogP contribution in [0.15, 0.2) is 113 Å². The number of thiophene rings is 1. The van der Waals surface area contributed by atoms with Crippen LogP contribution in [0.3, 0.4) is 0 Å². The summed E-state index contributed by atoms with van der Waals surface area (Å²) in [5.74, 6) is -2.07. The van der Waals surface area contributed by atoms with E-state index in [1.165, 1.54) is 6.92 Å². The molecule has 51 heavy (non-hydrogen) atoms. The number of carbonyl (C=O) groups excluding carboxylic acids is 3. The lowest BCUT2D eigenvalue weighted by molar-refractivity contribution is -0.136. The van der Waals surface area contributed by atoms with Crippen LogP contribution in [0, 0.1) is 25.2 Å². The van der Waals surface area contributed by atoms with Crippen molar-refractivity contribution in [1.29, 1.82) is 5.26 Å². The van der Waals surface area contributed by atoms with Gasteiger partial charge in [0.2, 0.25) is 0 Å². The predicted octanol–water partition coefficient (Wildman–Crippen LogP) is 8.52. The Labute approximate surface area is 300 Å². The Balaban J connectivity index is 1.24. The maximum absolute atomic E-state index is 13.6. The molecule has 0 saturated carbocycles. The molecular formula is C38H27N7O4S2. The second kappa shape index (κ2) is 13.9. The van der Waals surface area contributed by atoms with Gasteiger partial charge in [-0.1, -0.05) is 65.7 Å². The number of benzene rings is 3. The van der Waals surface area contributed by atoms with Gasteiger partial charge in [0.25, 0.3) is 11.8 Å². The maximum atomic E-state index is 13.6. The smallest absolute Gasteiger partial charge is 0.424 e. The van der Waals surface area contributed by atoms with Crippen LogP contribution in [-0.4, -0.2) is 42.3 Å². The number of nitrogens with zero attached hydrogens (tertiary/aromatic N) is 7. The van der Waals surface area contributed by atoms with Gasteiger partial charge in [0.1, 0.15) is 40.0 Å². The summed E-state index contributed by atoms with van der Waals surface area (Å²) in [4.78, 5) is 52.1. The first-order valence-corrected chi connectivity index (χ1v) is 17.2. The summed E-state index contributed by atoms with van der Waals surface area (Å²) in [7, 11) is 0. The molecule has 0 saturated heterocycles. The molecule has 3 amide bonds. The molecule has 0 spiro atoms. The van der Waals surface area contributed by atoms with Crippen LogP contribution in [0.4, 0.5) is 27.0 Å². The zero-order valence-electron chi connectivity index (χ0n) is 27.5. The van der Waals surface area contributed by atoms with Crippen LogP contribution in [0.25, 0.3) is 21.5 Å². The van der Waals surface area contributed by atoms with Crippen molar-refractivity contribution in [3.8, 4) is 16.5 Å². The monoisotopic (exact) mass is 709 g/mol. The van der Waals surface area contributed by atoms with Gasteiger partial charge in [0.15, 0.2) is 5.82 Å². The van der Waals surface area contributed by atoms with Crippen molar-refractivity contribution >= 4 is 79.9 Å². The third kappa shape index (κ3) is 6.41. The van der Waals surface area contributed by atoms with E-state index in [4.69, 9.17) is 4.74 Å². The summed E-state index contributed by atoms with van der Waals surface area (Å²) < 4.78 is 14.2. The Morgan fingerprint density at radius 2 is 1.51 bits per heavy atom. The number of aliphatic imine (C=N–C) groups is 1. The molecule has 4 heterocycles. The van der Waals surface area contributed by atoms with E-state index in [0.29, 0.717) is 27.1 Å². The highest BCUT2D eigenvalue weighted by molar-refractivity contribution is 7.19. The topological polar surface area (TPSA) is 142 Å². The molecular weight excluding hydrogens is 683 g/mol. The van der Waals surface area contributed by atoms with Crippen molar-refractivity contribution in [3.63, 3.8) is 0 Å². The van der Waals surface area contributed by atoms with E-state index >= 15 is 0 Å². The molecule has 3 aromatic carbocycles. The fraction of sp³-hybridized carbons (Fsp3) is 0.105. The van der Waals surface area contributed by atoms with Gasteiger partial charge in [-0.05, 0) is 62.7 Å². The fourth-order valence-electron chi connectivity index (χ4n) is 5.47. The fourth-order valence-corrected chi connectivity index (χ4v) is 7.09. The lowest BCUT2D eigenvalue weighted by Gasteiger charge is -2.24. The molecule has 0 fully saturated rings. The molecule has 0 atom stereocenters. The highest BCUT2D eigenvalue weighted by atomic mass is 32.1. The summed E-state index contributed by atoms with van der Waals surface area (Å²) in [5, 5.41) is 10.8. The number of pyridine rings is 1. The third-order valence-corrected chi connectivity index (χ3v) is 9.84. The molecule has 13 heteroatoms. The third-order valence-electron chi connectivity index (χ3n) is 8.20. The molecule has 7 rings (SSSR count). The number of ether oxygens (including phenoxy) is 1. The lowest BCUT2D eigenvalue weighted by atomic mass is 9.99. The number of aromatic nitrogens is 3. The number of nitriles is 1. The number of imide groups is 3. The largest absolute Gasteiger partial charge is 0.444 e. The summed E-state index contributed by atoms with van der Waals surface area (Å²) >= 11 is 2.52. The number of rotatable bonds is 7. The van der Waals surface area contributed by atoms with Gasteiger partial charge in [-0.3, -0.25) is 9.59 Å². The average Bonchev–Trinajstić information content (AvgIpc) is 3.83. The second-order valence-electron chi connectivity index (χ2n) is 11.7. The molecule has 0 unspecified atom stereocenters. The molecule has 11 nitrogen and oxygen atoms in total. The Morgan fingerprint density at radius 1 is 0.863 bits per heavy atom. The zero-order chi connectivity index (χ0) is 35.6. The maximum Gasteiger partial charge on any atom is 0.424 e. The minimum absolute atomic E-state index is 0.0111. The van der Waals surface area contributed by atoms with Crippen molar-refractivity contribution in [2.24, 2.45) is 4.99 Å². The van der Waals surface area contributed by atoms with Gasteiger partial charge in [-0.2, -0.15) is 18.9 Å². The van der Waals surface area contributed by atoms with E-state index in [9.17, 15) is 19.6 Å². The SMILES string of the molecule is CC1=C(C#N)C(=O)N(C(=O)OCc2ccccc2)C(=O)C1=Nc1ncc(-c2ccc(N(c3ccc(C)cc3)c3ccc(C)cc3)s2)c2nsnc12. The van der Waals surface area contributed by atoms with Crippen LogP contribution in [-0.2, 0) is 20.9 Å². The summed E-state index contributed by atoms with van der Waals surface area (Å²) in [6.07, 6.45) is 0.388. The first kappa shape index (κ1) is 33.2. The van der Waals surface area contributed by atoms with Gasteiger partial charge >= 0.3 is 6.09 Å². The number of carbonyl (C=O) groups is 3. The summed E-state index contributed by atoms with van der Waals surface area (Å²) in [6, 6.07) is 31.3. The molecule has 0 N–H and O–H groups in total. The molecule has 0 radical (unpaired) electrons. The van der Waals surface area contributed by atoms with Crippen LogP contribution in [0.2, 0.25) is 0 Å². The second-order valence-corrected chi connectivity index (χ2v) is 13.3. The quantitative estimate of drug-likeness (QED) is 0.149. The molecule has 1 aliphatic rings. The first-order valence-electron chi connectivity index (χ1n) is 15.7. The number of anilines is 3. The number of hydrogen-bond acceptors (Lipinski definition) is 12. The lowest BCUT2D eigenvalue weighted by Crippen LogP contribution is -2.50. The molecule has 250 valence electrons. The number of amides is 3. The average molecular weight is 710 g/mol. The van der Waals surface area contributed by atoms with Crippen molar-refractivity contribution in [2.45, 2.75) is 27.4 Å². The van der Waals surface area contributed by atoms with Crippen molar-refractivity contribution in [3.05, 3.63) is 125 Å². The number of fused-ring (bicyclic) bond motifs is 1. The highest BCUT2D eigenvalue weighted by Gasteiger charge is 2.42. The van der Waals surface area contributed by atoms with E-state index in [0.717, 1.165) is 44.1 Å². The Kier molecular flexibility index (Phi) is 9.01. The van der Waals surface area contributed by atoms with Gasteiger partial charge in [0, 0.05) is 33.6 Å². The van der Waals surface area contributed by atoms with Crippen LogP contribution in [0.5, 0.6) is 0 Å². The zero-order valence-corrected chi connectivity index (χ0v) is 29.2.